The molecule has 0 fully saturated rings. The average molecular weight is 298 g/mol. The summed E-state index contributed by atoms with van der Waals surface area (Å²) in [4.78, 5) is 12.2. The standard InChI is InChI=1S/C17H14O5/c1-19-12-8-13(20-2)10-14(9-12)21-17(18)16-7-11-5-3-4-6-15(11)22-16/h3-10H,1-2H3. The van der Waals surface area contributed by atoms with E-state index in [1.165, 1.54) is 14.2 Å². The topological polar surface area (TPSA) is 57.9 Å². The molecule has 1 heterocycles. The van der Waals surface area contributed by atoms with E-state index < -0.39 is 5.97 Å². The van der Waals surface area contributed by atoms with Gasteiger partial charge in [-0.2, -0.15) is 0 Å². The summed E-state index contributed by atoms with van der Waals surface area (Å²) in [6.07, 6.45) is 0. The van der Waals surface area contributed by atoms with Gasteiger partial charge in [0.25, 0.3) is 0 Å². The number of rotatable bonds is 4. The van der Waals surface area contributed by atoms with Crippen molar-refractivity contribution in [1.82, 2.24) is 0 Å². The van der Waals surface area contributed by atoms with Gasteiger partial charge >= 0.3 is 5.97 Å². The molecule has 0 aliphatic rings. The fourth-order valence-electron chi connectivity index (χ4n) is 2.08. The first-order valence-corrected chi connectivity index (χ1v) is 6.63. The Hall–Kier alpha value is -2.95. The zero-order valence-electron chi connectivity index (χ0n) is 12.2. The summed E-state index contributed by atoms with van der Waals surface area (Å²) in [6.45, 7) is 0. The molecule has 0 radical (unpaired) electrons. The second-order valence-electron chi connectivity index (χ2n) is 4.59. The molecule has 0 saturated carbocycles. The smallest absolute Gasteiger partial charge is 0.379 e. The molecule has 1 aromatic heterocycles. The highest BCUT2D eigenvalue weighted by Crippen LogP contribution is 2.28. The molecule has 0 aliphatic heterocycles. The number of fused-ring (bicyclic) bond motifs is 1. The lowest BCUT2D eigenvalue weighted by Gasteiger charge is -2.08. The molecule has 0 N–H and O–H groups in total. The van der Waals surface area contributed by atoms with Crippen molar-refractivity contribution in [1.29, 1.82) is 0 Å². The Morgan fingerprint density at radius 1 is 0.909 bits per heavy atom. The van der Waals surface area contributed by atoms with Gasteiger partial charge in [-0.1, -0.05) is 18.2 Å². The lowest BCUT2D eigenvalue weighted by Crippen LogP contribution is -2.07. The second kappa shape index (κ2) is 5.81. The maximum absolute atomic E-state index is 12.2. The Morgan fingerprint density at radius 3 is 2.18 bits per heavy atom. The van der Waals surface area contributed by atoms with Gasteiger partial charge < -0.3 is 18.6 Å². The van der Waals surface area contributed by atoms with Gasteiger partial charge in [0.2, 0.25) is 5.76 Å². The summed E-state index contributed by atoms with van der Waals surface area (Å²) in [5.41, 5.74) is 0.637. The van der Waals surface area contributed by atoms with Crippen LogP contribution in [0.3, 0.4) is 0 Å². The summed E-state index contributed by atoms with van der Waals surface area (Å²) in [6, 6.07) is 13.9. The van der Waals surface area contributed by atoms with Crippen LogP contribution in [0.5, 0.6) is 17.2 Å². The summed E-state index contributed by atoms with van der Waals surface area (Å²) in [5.74, 6) is 0.953. The number of ether oxygens (including phenoxy) is 3. The summed E-state index contributed by atoms with van der Waals surface area (Å²) >= 11 is 0. The van der Waals surface area contributed by atoms with Crippen LogP contribution in [-0.4, -0.2) is 20.2 Å². The zero-order valence-corrected chi connectivity index (χ0v) is 12.2. The van der Waals surface area contributed by atoms with Gasteiger partial charge in [0.1, 0.15) is 22.8 Å². The van der Waals surface area contributed by atoms with Crippen LogP contribution in [0, 0.1) is 0 Å². The first kappa shape index (κ1) is 14.0. The highest BCUT2D eigenvalue weighted by Gasteiger charge is 2.15. The summed E-state index contributed by atoms with van der Waals surface area (Å²) < 4.78 is 21.1. The Kier molecular flexibility index (Phi) is 3.70. The van der Waals surface area contributed by atoms with Crippen molar-refractivity contribution in [3.05, 3.63) is 54.3 Å². The maximum Gasteiger partial charge on any atom is 0.379 e. The molecule has 3 rings (SSSR count). The van der Waals surface area contributed by atoms with Crippen LogP contribution in [0.1, 0.15) is 10.6 Å². The molecule has 0 spiro atoms. The van der Waals surface area contributed by atoms with Crippen LogP contribution in [0.25, 0.3) is 11.0 Å². The van der Waals surface area contributed by atoms with Crippen LogP contribution in [0.2, 0.25) is 0 Å². The monoisotopic (exact) mass is 298 g/mol. The molecule has 5 nitrogen and oxygen atoms in total. The molecule has 0 atom stereocenters. The van der Waals surface area contributed by atoms with Gasteiger partial charge in [-0.3, -0.25) is 0 Å². The number of hydrogen-bond acceptors (Lipinski definition) is 5. The molecule has 2 aromatic carbocycles. The lowest BCUT2D eigenvalue weighted by atomic mass is 10.2. The highest BCUT2D eigenvalue weighted by atomic mass is 16.5. The largest absolute Gasteiger partial charge is 0.496 e. The number of carbonyl (C=O) groups is 1. The van der Waals surface area contributed by atoms with E-state index in [-0.39, 0.29) is 5.76 Å². The molecule has 22 heavy (non-hydrogen) atoms. The number of furan rings is 1. The van der Waals surface area contributed by atoms with Crippen molar-refractivity contribution in [2.75, 3.05) is 14.2 Å². The lowest BCUT2D eigenvalue weighted by molar-refractivity contribution is 0.0703. The van der Waals surface area contributed by atoms with E-state index in [1.54, 1.807) is 30.3 Å². The van der Waals surface area contributed by atoms with Crippen molar-refractivity contribution in [3.8, 4) is 17.2 Å². The molecule has 112 valence electrons. The van der Waals surface area contributed by atoms with Crippen molar-refractivity contribution in [2.24, 2.45) is 0 Å². The molecule has 0 aliphatic carbocycles. The van der Waals surface area contributed by atoms with E-state index >= 15 is 0 Å². The van der Waals surface area contributed by atoms with Gasteiger partial charge in [0, 0.05) is 23.6 Å². The Morgan fingerprint density at radius 2 is 1.55 bits per heavy atom. The van der Waals surface area contributed by atoms with Crippen molar-refractivity contribution in [2.45, 2.75) is 0 Å². The predicted molar refractivity (Wildman–Crippen MR) is 80.7 cm³/mol. The van der Waals surface area contributed by atoms with E-state index in [0.29, 0.717) is 22.8 Å². The minimum atomic E-state index is -0.577. The Balaban J connectivity index is 1.87. The molecule has 0 unspecified atom stereocenters. The normalized spacial score (nSPS) is 10.5. The third kappa shape index (κ3) is 2.74. The summed E-state index contributed by atoms with van der Waals surface area (Å²) in [7, 11) is 3.05. The molecule has 5 heteroatoms. The van der Waals surface area contributed by atoms with E-state index in [2.05, 4.69) is 0 Å². The Bertz CT molecular complexity index is 764. The molecule has 3 aromatic rings. The van der Waals surface area contributed by atoms with Crippen LogP contribution < -0.4 is 14.2 Å². The van der Waals surface area contributed by atoms with Crippen LogP contribution >= 0.6 is 0 Å². The zero-order chi connectivity index (χ0) is 15.5. The summed E-state index contributed by atoms with van der Waals surface area (Å²) in [5, 5.41) is 0.845. The van der Waals surface area contributed by atoms with Crippen molar-refractivity contribution in [3.63, 3.8) is 0 Å². The van der Waals surface area contributed by atoms with E-state index in [4.69, 9.17) is 18.6 Å². The SMILES string of the molecule is COc1cc(OC)cc(OC(=O)c2cc3ccccc3o2)c1. The first-order chi connectivity index (χ1) is 10.7. The van der Waals surface area contributed by atoms with Crippen LogP contribution in [0.4, 0.5) is 0 Å². The number of hydrogen-bond donors (Lipinski definition) is 0. The maximum atomic E-state index is 12.2. The molecule has 0 saturated heterocycles. The third-order valence-electron chi connectivity index (χ3n) is 3.16. The average Bonchev–Trinajstić information content (AvgIpc) is 2.98. The Labute approximate surface area is 127 Å². The predicted octanol–water partition coefficient (Wildman–Crippen LogP) is 3.67. The van der Waals surface area contributed by atoms with Gasteiger partial charge in [-0.15, -0.1) is 0 Å². The van der Waals surface area contributed by atoms with E-state index in [9.17, 15) is 4.79 Å². The number of para-hydroxylation sites is 1. The van der Waals surface area contributed by atoms with Crippen molar-refractivity contribution < 1.29 is 23.4 Å². The first-order valence-electron chi connectivity index (χ1n) is 6.63. The number of esters is 1. The second-order valence-corrected chi connectivity index (χ2v) is 4.59. The van der Waals surface area contributed by atoms with Crippen molar-refractivity contribution >= 4 is 16.9 Å². The fraction of sp³-hybridized carbons (Fsp3) is 0.118. The quantitative estimate of drug-likeness (QED) is 0.543. The highest BCUT2D eigenvalue weighted by molar-refractivity contribution is 5.93. The van der Waals surface area contributed by atoms with Gasteiger partial charge in [0.15, 0.2) is 0 Å². The van der Waals surface area contributed by atoms with E-state index in [0.717, 1.165) is 5.39 Å². The third-order valence-corrected chi connectivity index (χ3v) is 3.16. The van der Waals surface area contributed by atoms with E-state index in [1.807, 2.05) is 18.2 Å². The fourth-order valence-corrected chi connectivity index (χ4v) is 2.08. The van der Waals surface area contributed by atoms with Crippen LogP contribution in [-0.2, 0) is 0 Å². The van der Waals surface area contributed by atoms with Gasteiger partial charge in [-0.05, 0) is 12.1 Å². The number of benzene rings is 2. The molecular weight excluding hydrogens is 284 g/mol. The molecular formula is C17H14O5. The minimum absolute atomic E-state index is 0.142. The van der Waals surface area contributed by atoms with Crippen LogP contribution in [0.15, 0.2) is 52.9 Å². The van der Waals surface area contributed by atoms with Gasteiger partial charge in [0.05, 0.1) is 14.2 Å². The van der Waals surface area contributed by atoms with Gasteiger partial charge in [-0.25, -0.2) is 4.79 Å². The molecule has 0 bridgehead atoms. The number of methoxy groups -OCH3 is 2. The molecule has 0 amide bonds. The minimum Gasteiger partial charge on any atom is -0.496 e. The number of carbonyl (C=O) groups excluding carboxylic acids is 1.